The molecule has 1 heterocycles. The average molecular weight is 229 g/mol. The molecule has 1 aromatic carbocycles. The Morgan fingerprint density at radius 3 is 2.94 bits per heavy atom. The lowest BCUT2D eigenvalue weighted by Gasteiger charge is -2.26. The second kappa shape index (κ2) is 3.62. The molecule has 0 unspecified atom stereocenters. The number of carboxylic acids is 1. The number of fused-ring (bicyclic) bond motifs is 3. The molecule has 3 rings (SSSR count). The highest BCUT2D eigenvalue weighted by atomic mass is 16.4. The molecule has 0 spiro atoms. The van der Waals surface area contributed by atoms with Gasteiger partial charge in [0.15, 0.2) is 0 Å². The molecule has 1 aliphatic carbocycles. The SMILES string of the molecule is C[C@H]1c2c([nH]c3ccccc23)CC[C@@H]1C(=O)O. The van der Waals surface area contributed by atoms with E-state index in [0.717, 1.165) is 18.4 Å². The molecule has 0 fully saturated rings. The molecule has 0 saturated carbocycles. The molecule has 2 N–H and O–H groups in total. The van der Waals surface area contributed by atoms with E-state index in [2.05, 4.69) is 17.1 Å². The van der Waals surface area contributed by atoms with Gasteiger partial charge in [-0.15, -0.1) is 0 Å². The minimum atomic E-state index is -0.673. The van der Waals surface area contributed by atoms with Crippen molar-refractivity contribution in [3.05, 3.63) is 35.5 Å². The minimum Gasteiger partial charge on any atom is -0.481 e. The van der Waals surface area contributed by atoms with E-state index in [-0.39, 0.29) is 11.8 Å². The van der Waals surface area contributed by atoms with Gasteiger partial charge in [0.05, 0.1) is 5.92 Å². The number of carboxylic acid groups (broad SMARTS) is 1. The molecule has 0 aliphatic heterocycles. The van der Waals surface area contributed by atoms with Crippen LogP contribution in [0.5, 0.6) is 0 Å². The van der Waals surface area contributed by atoms with Gasteiger partial charge in [-0.3, -0.25) is 4.79 Å². The first-order valence-electron chi connectivity index (χ1n) is 6.00. The largest absolute Gasteiger partial charge is 0.481 e. The highest BCUT2D eigenvalue weighted by Gasteiger charge is 2.33. The van der Waals surface area contributed by atoms with Crippen LogP contribution in [0.15, 0.2) is 24.3 Å². The maximum atomic E-state index is 11.2. The Labute approximate surface area is 99.5 Å². The summed E-state index contributed by atoms with van der Waals surface area (Å²) in [4.78, 5) is 14.6. The second-order valence-corrected chi connectivity index (χ2v) is 4.83. The molecule has 88 valence electrons. The molecule has 0 saturated heterocycles. The monoisotopic (exact) mass is 229 g/mol. The van der Waals surface area contributed by atoms with E-state index in [1.54, 1.807) is 0 Å². The zero-order chi connectivity index (χ0) is 12.0. The van der Waals surface area contributed by atoms with E-state index in [1.807, 2.05) is 19.1 Å². The maximum absolute atomic E-state index is 11.2. The molecule has 17 heavy (non-hydrogen) atoms. The van der Waals surface area contributed by atoms with Crippen LogP contribution in [-0.4, -0.2) is 16.1 Å². The van der Waals surface area contributed by atoms with Gasteiger partial charge >= 0.3 is 5.97 Å². The number of aromatic nitrogens is 1. The lowest BCUT2D eigenvalue weighted by Crippen LogP contribution is -2.25. The Balaban J connectivity index is 2.19. The van der Waals surface area contributed by atoms with E-state index < -0.39 is 5.97 Å². The third-order valence-corrected chi connectivity index (χ3v) is 3.91. The number of hydrogen-bond acceptors (Lipinski definition) is 1. The number of para-hydroxylation sites is 1. The molecule has 3 nitrogen and oxygen atoms in total. The standard InChI is InChI=1S/C14H15NO2/c1-8-9(14(16)17)6-7-12-13(8)10-4-2-3-5-11(10)15-12/h2-5,8-9,15H,6-7H2,1H3,(H,16,17)/t8-,9+/m1/s1. The number of hydrogen-bond donors (Lipinski definition) is 2. The van der Waals surface area contributed by atoms with Crippen LogP contribution in [0.1, 0.15) is 30.5 Å². The quantitative estimate of drug-likeness (QED) is 0.790. The van der Waals surface area contributed by atoms with Crippen LogP contribution in [0.25, 0.3) is 10.9 Å². The van der Waals surface area contributed by atoms with Crippen LogP contribution in [-0.2, 0) is 11.2 Å². The highest BCUT2D eigenvalue weighted by molar-refractivity contribution is 5.86. The molecule has 2 aromatic rings. The Morgan fingerprint density at radius 1 is 1.41 bits per heavy atom. The van der Waals surface area contributed by atoms with Crippen molar-refractivity contribution in [3.8, 4) is 0 Å². The van der Waals surface area contributed by atoms with Crippen molar-refractivity contribution < 1.29 is 9.90 Å². The normalized spacial score (nSPS) is 23.6. The molecular formula is C14H15NO2. The number of rotatable bonds is 1. The summed E-state index contributed by atoms with van der Waals surface area (Å²) >= 11 is 0. The smallest absolute Gasteiger partial charge is 0.307 e. The summed E-state index contributed by atoms with van der Waals surface area (Å²) in [7, 11) is 0. The van der Waals surface area contributed by atoms with E-state index >= 15 is 0 Å². The van der Waals surface area contributed by atoms with E-state index in [9.17, 15) is 9.90 Å². The summed E-state index contributed by atoms with van der Waals surface area (Å²) in [5, 5.41) is 10.4. The number of aliphatic carboxylic acids is 1. The molecule has 3 heteroatoms. The molecule has 0 radical (unpaired) electrons. The fourth-order valence-corrected chi connectivity index (χ4v) is 3.03. The summed E-state index contributed by atoms with van der Waals surface area (Å²) in [6, 6.07) is 8.14. The van der Waals surface area contributed by atoms with Crippen LogP contribution >= 0.6 is 0 Å². The van der Waals surface area contributed by atoms with Gasteiger partial charge < -0.3 is 10.1 Å². The Kier molecular flexibility index (Phi) is 2.21. The van der Waals surface area contributed by atoms with Gasteiger partial charge in [-0.2, -0.15) is 0 Å². The fourth-order valence-electron chi connectivity index (χ4n) is 3.03. The number of benzene rings is 1. The van der Waals surface area contributed by atoms with Gasteiger partial charge in [-0.1, -0.05) is 25.1 Å². The van der Waals surface area contributed by atoms with Crippen LogP contribution in [0.3, 0.4) is 0 Å². The minimum absolute atomic E-state index is 0.0902. The first-order chi connectivity index (χ1) is 8.18. The molecule has 0 amide bonds. The number of aryl methyl sites for hydroxylation is 1. The fraction of sp³-hybridized carbons (Fsp3) is 0.357. The molecule has 0 bridgehead atoms. The average Bonchev–Trinajstić information content (AvgIpc) is 2.67. The van der Waals surface area contributed by atoms with Crippen molar-refractivity contribution in [2.75, 3.05) is 0 Å². The Hall–Kier alpha value is -1.77. The number of carbonyl (C=O) groups is 1. The van der Waals surface area contributed by atoms with Gasteiger partial charge in [0.1, 0.15) is 0 Å². The number of aromatic amines is 1. The lowest BCUT2D eigenvalue weighted by atomic mass is 9.78. The van der Waals surface area contributed by atoms with Crippen molar-refractivity contribution in [1.29, 1.82) is 0 Å². The topological polar surface area (TPSA) is 53.1 Å². The summed E-state index contributed by atoms with van der Waals surface area (Å²) < 4.78 is 0. The first kappa shape index (κ1) is 10.4. The number of H-pyrrole nitrogens is 1. The summed E-state index contributed by atoms with van der Waals surface area (Å²) in [6.07, 6.45) is 1.57. The predicted octanol–water partition coefficient (Wildman–Crippen LogP) is 2.92. The Morgan fingerprint density at radius 2 is 2.18 bits per heavy atom. The van der Waals surface area contributed by atoms with Crippen molar-refractivity contribution in [2.45, 2.75) is 25.7 Å². The zero-order valence-corrected chi connectivity index (χ0v) is 9.73. The van der Waals surface area contributed by atoms with Gasteiger partial charge in [-0.25, -0.2) is 0 Å². The van der Waals surface area contributed by atoms with Gasteiger partial charge in [0.25, 0.3) is 0 Å². The van der Waals surface area contributed by atoms with Gasteiger partial charge in [-0.05, 0) is 30.4 Å². The van der Waals surface area contributed by atoms with Crippen molar-refractivity contribution >= 4 is 16.9 Å². The summed E-state index contributed by atoms with van der Waals surface area (Å²) in [6.45, 7) is 2.02. The summed E-state index contributed by atoms with van der Waals surface area (Å²) in [5.74, 6) is -0.831. The lowest BCUT2D eigenvalue weighted by molar-refractivity contribution is -0.142. The van der Waals surface area contributed by atoms with Crippen molar-refractivity contribution in [1.82, 2.24) is 4.98 Å². The molecule has 1 aliphatic rings. The van der Waals surface area contributed by atoms with Crippen LogP contribution in [0.2, 0.25) is 0 Å². The molecule has 2 atom stereocenters. The van der Waals surface area contributed by atoms with E-state index in [0.29, 0.717) is 0 Å². The first-order valence-corrected chi connectivity index (χ1v) is 6.00. The van der Waals surface area contributed by atoms with Crippen LogP contribution in [0, 0.1) is 5.92 Å². The van der Waals surface area contributed by atoms with E-state index in [4.69, 9.17) is 0 Å². The van der Waals surface area contributed by atoms with Crippen molar-refractivity contribution in [3.63, 3.8) is 0 Å². The maximum Gasteiger partial charge on any atom is 0.307 e. The zero-order valence-electron chi connectivity index (χ0n) is 9.73. The van der Waals surface area contributed by atoms with Crippen molar-refractivity contribution in [2.24, 2.45) is 5.92 Å². The predicted molar refractivity (Wildman–Crippen MR) is 66.2 cm³/mol. The van der Waals surface area contributed by atoms with Crippen LogP contribution in [0.4, 0.5) is 0 Å². The number of nitrogens with one attached hydrogen (secondary N) is 1. The third-order valence-electron chi connectivity index (χ3n) is 3.91. The van der Waals surface area contributed by atoms with E-state index in [1.165, 1.54) is 16.6 Å². The third kappa shape index (κ3) is 1.46. The van der Waals surface area contributed by atoms with Gasteiger partial charge in [0, 0.05) is 16.6 Å². The van der Waals surface area contributed by atoms with Gasteiger partial charge in [0.2, 0.25) is 0 Å². The second-order valence-electron chi connectivity index (χ2n) is 4.83. The highest BCUT2D eigenvalue weighted by Crippen LogP contribution is 2.40. The summed E-state index contributed by atoms with van der Waals surface area (Å²) in [5.41, 5.74) is 3.55. The molecular weight excluding hydrogens is 214 g/mol. The van der Waals surface area contributed by atoms with Crippen LogP contribution < -0.4 is 0 Å². The molecule has 1 aromatic heterocycles. The Bertz CT molecular complexity index is 585.